The summed E-state index contributed by atoms with van der Waals surface area (Å²) in [4.78, 5) is 4.08. The van der Waals surface area contributed by atoms with Crippen molar-refractivity contribution in [1.82, 2.24) is 14.8 Å². The Hall–Kier alpha value is -1.75. The van der Waals surface area contributed by atoms with Gasteiger partial charge < -0.3 is 5.73 Å². The van der Waals surface area contributed by atoms with Crippen LogP contribution in [-0.4, -0.2) is 14.8 Å². The average molecular weight is 220 g/mol. The molecule has 1 aromatic carbocycles. The highest BCUT2D eigenvalue weighted by molar-refractivity contribution is 5.20. The molecule has 0 saturated heterocycles. The molecule has 0 amide bonds. The first kappa shape index (κ1) is 10.8. The van der Waals surface area contributed by atoms with Gasteiger partial charge in [-0.1, -0.05) is 12.1 Å². The van der Waals surface area contributed by atoms with Gasteiger partial charge in [0.15, 0.2) is 0 Å². The molecule has 16 heavy (non-hydrogen) atoms. The van der Waals surface area contributed by atoms with Crippen LogP contribution >= 0.6 is 0 Å². The van der Waals surface area contributed by atoms with E-state index >= 15 is 0 Å². The molecule has 0 spiro atoms. The number of hydrogen-bond donors (Lipinski definition) is 1. The maximum absolute atomic E-state index is 13.0. The summed E-state index contributed by atoms with van der Waals surface area (Å²) in [7, 11) is 1.81. The van der Waals surface area contributed by atoms with Gasteiger partial charge in [0.2, 0.25) is 0 Å². The zero-order chi connectivity index (χ0) is 11.5. The van der Waals surface area contributed by atoms with E-state index < -0.39 is 0 Å². The van der Waals surface area contributed by atoms with Crippen molar-refractivity contribution in [3.05, 3.63) is 47.8 Å². The number of nitrogens with two attached hydrogens (primary N) is 1. The van der Waals surface area contributed by atoms with Gasteiger partial charge in [0.05, 0.1) is 0 Å². The van der Waals surface area contributed by atoms with Crippen molar-refractivity contribution >= 4 is 0 Å². The summed E-state index contributed by atoms with van der Waals surface area (Å²) >= 11 is 0. The first-order valence-electron chi connectivity index (χ1n) is 5.00. The van der Waals surface area contributed by atoms with E-state index in [1.807, 2.05) is 6.07 Å². The molecule has 0 radical (unpaired) electrons. The second-order valence-electron chi connectivity index (χ2n) is 3.67. The summed E-state index contributed by atoms with van der Waals surface area (Å²) in [5, 5.41) is 3.96. The summed E-state index contributed by atoms with van der Waals surface area (Å²) in [6.45, 7) is 0. The van der Waals surface area contributed by atoms with Crippen molar-refractivity contribution in [2.75, 3.05) is 0 Å². The topological polar surface area (TPSA) is 56.7 Å². The molecular formula is C11H13FN4. The Labute approximate surface area is 92.9 Å². The number of benzene rings is 1. The van der Waals surface area contributed by atoms with Crippen LogP contribution in [0, 0.1) is 5.82 Å². The fraction of sp³-hybridized carbons (Fsp3) is 0.273. The number of nitrogens with zero attached hydrogens (tertiary/aromatic N) is 3. The smallest absolute Gasteiger partial charge is 0.138 e. The Bertz CT molecular complexity index is 480. The molecule has 2 aromatic rings. The van der Waals surface area contributed by atoms with Gasteiger partial charge in [-0.15, -0.1) is 0 Å². The van der Waals surface area contributed by atoms with Crippen LogP contribution in [0.2, 0.25) is 0 Å². The SMILES string of the molecule is Cn1ncnc1CC(N)c1cccc(F)c1. The number of halogens is 1. The van der Waals surface area contributed by atoms with Crippen LogP contribution in [0.25, 0.3) is 0 Å². The molecule has 0 aliphatic rings. The van der Waals surface area contributed by atoms with Crippen molar-refractivity contribution in [2.24, 2.45) is 12.8 Å². The van der Waals surface area contributed by atoms with Gasteiger partial charge in [-0.05, 0) is 17.7 Å². The second-order valence-corrected chi connectivity index (χ2v) is 3.67. The molecule has 1 atom stereocenters. The van der Waals surface area contributed by atoms with Gasteiger partial charge in [-0.2, -0.15) is 5.10 Å². The van der Waals surface area contributed by atoms with Crippen LogP contribution in [0.1, 0.15) is 17.4 Å². The Morgan fingerprint density at radius 2 is 2.31 bits per heavy atom. The van der Waals surface area contributed by atoms with Gasteiger partial charge in [0.25, 0.3) is 0 Å². The van der Waals surface area contributed by atoms with E-state index in [1.54, 1.807) is 17.8 Å². The van der Waals surface area contributed by atoms with E-state index in [1.165, 1.54) is 18.5 Å². The molecule has 1 aromatic heterocycles. The van der Waals surface area contributed by atoms with Gasteiger partial charge in [0.1, 0.15) is 18.0 Å². The quantitative estimate of drug-likeness (QED) is 0.845. The monoisotopic (exact) mass is 220 g/mol. The Balaban J connectivity index is 2.14. The highest BCUT2D eigenvalue weighted by Gasteiger charge is 2.10. The maximum Gasteiger partial charge on any atom is 0.138 e. The van der Waals surface area contributed by atoms with Crippen LogP contribution in [0.4, 0.5) is 4.39 Å². The third kappa shape index (κ3) is 2.25. The predicted octanol–water partition coefficient (Wildman–Crippen LogP) is 1.20. The number of aryl methyl sites for hydroxylation is 1. The summed E-state index contributed by atoms with van der Waals surface area (Å²) in [6, 6.07) is 6.05. The first-order valence-corrected chi connectivity index (χ1v) is 5.00. The molecule has 2 N–H and O–H groups in total. The highest BCUT2D eigenvalue weighted by atomic mass is 19.1. The van der Waals surface area contributed by atoms with Crippen LogP contribution in [-0.2, 0) is 13.5 Å². The second kappa shape index (κ2) is 4.40. The largest absolute Gasteiger partial charge is 0.324 e. The zero-order valence-electron chi connectivity index (χ0n) is 8.97. The fourth-order valence-corrected chi connectivity index (χ4v) is 1.56. The van der Waals surface area contributed by atoms with Crippen molar-refractivity contribution in [3.63, 3.8) is 0 Å². The third-order valence-corrected chi connectivity index (χ3v) is 2.48. The summed E-state index contributed by atoms with van der Waals surface area (Å²) in [5.74, 6) is 0.516. The average Bonchev–Trinajstić information content (AvgIpc) is 2.64. The molecule has 2 rings (SSSR count). The highest BCUT2D eigenvalue weighted by Crippen LogP contribution is 2.15. The molecule has 0 saturated carbocycles. The molecule has 0 aliphatic carbocycles. The minimum Gasteiger partial charge on any atom is -0.324 e. The van der Waals surface area contributed by atoms with Crippen LogP contribution in [0.5, 0.6) is 0 Å². The normalized spacial score (nSPS) is 12.7. The van der Waals surface area contributed by atoms with Crippen molar-refractivity contribution in [1.29, 1.82) is 0 Å². The lowest BCUT2D eigenvalue weighted by molar-refractivity contribution is 0.606. The lowest BCUT2D eigenvalue weighted by Crippen LogP contribution is -2.16. The maximum atomic E-state index is 13.0. The molecule has 1 heterocycles. The molecule has 0 aliphatic heterocycles. The minimum absolute atomic E-state index is 0.265. The molecule has 0 fully saturated rings. The predicted molar refractivity (Wildman–Crippen MR) is 58.0 cm³/mol. The van der Waals surface area contributed by atoms with Crippen molar-refractivity contribution in [2.45, 2.75) is 12.5 Å². The van der Waals surface area contributed by atoms with E-state index in [0.717, 1.165) is 11.4 Å². The first-order chi connectivity index (χ1) is 7.66. The lowest BCUT2D eigenvalue weighted by Gasteiger charge is -2.11. The Morgan fingerprint density at radius 1 is 1.50 bits per heavy atom. The Morgan fingerprint density at radius 3 is 2.94 bits per heavy atom. The van der Waals surface area contributed by atoms with Gasteiger partial charge in [-0.25, -0.2) is 9.37 Å². The zero-order valence-corrected chi connectivity index (χ0v) is 8.97. The third-order valence-electron chi connectivity index (χ3n) is 2.48. The van der Waals surface area contributed by atoms with E-state index in [2.05, 4.69) is 10.1 Å². The van der Waals surface area contributed by atoms with E-state index in [4.69, 9.17) is 5.73 Å². The molecule has 1 unspecified atom stereocenters. The van der Waals surface area contributed by atoms with Crippen molar-refractivity contribution < 1.29 is 4.39 Å². The van der Waals surface area contributed by atoms with Gasteiger partial charge in [0, 0.05) is 19.5 Å². The molecule has 0 bridgehead atoms. The van der Waals surface area contributed by atoms with Crippen LogP contribution < -0.4 is 5.73 Å². The Kier molecular flexibility index (Phi) is 2.96. The minimum atomic E-state index is -0.272. The fourth-order valence-electron chi connectivity index (χ4n) is 1.56. The van der Waals surface area contributed by atoms with Gasteiger partial charge >= 0.3 is 0 Å². The number of aromatic nitrogens is 3. The van der Waals surface area contributed by atoms with E-state index in [-0.39, 0.29) is 11.9 Å². The molecule has 84 valence electrons. The van der Waals surface area contributed by atoms with E-state index in [9.17, 15) is 4.39 Å². The van der Waals surface area contributed by atoms with Gasteiger partial charge in [-0.3, -0.25) is 4.68 Å². The van der Waals surface area contributed by atoms with Crippen LogP contribution in [0.15, 0.2) is 30.6 Å². The molecule has 4 nitrogen and oxygen atoms in total. The molecule has 5 heteroatoms. The summed E-state index contributed by atoms with van der Waals surface area (Å²) < 4.78 is 14.7. The summed E-state index contributed by atoms with van der Waals surface area (Å²) in [5.41, 5.74) is 6.74. The lowest BCUT2D eigenvalue weighted by atomic mass is 10.0. The van der Waals surface area contributed by atoms with E-state index in [0.29, 0.717) is 6.42 Å². The van der Waals surface area contributed by atoms with Crippen molar-refractivity contribution in [3.8, 4) is 0 Å². The number of rotatable bonds is 3. The molecular weight excluding hydrogens is 207 g/mol. The van der Waals surface area contributed by atoms with Crippen LogP contribution in [0.3, 0.4) is 0 Å². The number of hydrogen-bond acceptors (Lipinski definition) is 3. The standard InChI is InChI=1S/C11H13FN4/c1-16-11(14-7-15-16)6-10(13)8-3-2-4-9(12)5-8/h2-5,7,10H,6,13H2,1H3. The summed E-state index contributed by atoms with van der Waals surface area (Å²) in [6.07, 6.45) is 2.02.